The molecule has 0 aliphatic heterocycles. The van der Waals surface area contributed by atoms with Gasteiger partial charge < -0.3 is 15.2 Å². The molecule has 2 aromatic heterocycles. The van der Waals surface area contributed by atoms with Gasteiger partial charge in [-0.2, -0.15) is 0 Å². The van der Waals surface area contributed by atoms with Crippen molar-refractivity contribution in [3.05, 3.63) is 24.2 Å². The van der Waals surface area contributed by atoms with Crippen molar-refractivity contribution in [2.45, 2.75) is 32.9 Å². The number of imidazole rings is 1. The molecule has 0 saturated heterocycles. The Labute approximate surface area is 114 Å². The lowest BCUT2D eigenvalue weighted by Crippen LogP contribution is -2.40. The fourth-order valence-corrected chi connectivity index (χ4v) is 2.03. The van der Waals surface area contributed by atoms with E-state index in [1.807, 2.05) is 12.3 Å². The Morgan fingerprint density at radius 1 is 1.32 bits per heavy atom. The van der Waals surface area contributed by atoms with Crippen LogP contribution in [0.4, 0.5) is 0 Å². The zero-order chi connectivity index (χ0) is 13.9. The number of rotatable bonds is 5. The van der Waals surface area contributed by atoms with Crippen molar-refractivity contribution in [1.82, 2.24) is 25.2 Å². The van der Waals surface area contributed by atoms with Crippen molar-refractivity contribution in [3.63, 3.8) is 0 Å². The third-order valence-corrected chi connectivity index (χ3v) is 3.00. The van der Waals surface area contributed by atoms with E-state index in [4.69, 9.17) is 0 Å². The monoisotopic (exact) mass is 261 g/mol. The van der Waals surface area contributed by atoms with Crippen LogP contribution < -0.4 is 5.32 Å². The summed E-state index contributed by atoms with van der Waals surface area (Å²) in [6.07, 6.45) is 3.52. The first-order chi connectivity index (χ1) is 8.96. The Morgan fingerprint density at radius 2 is 2.11 bits per heavy atom. The first-order valence-electron chi connectivity index (χ1n) is 6.66. The number of fused-ring (bicyclic) bond motifs is 1. The highest BCUT2D eigenvalue weighted by Gasteiger charge is 2.10. The number of nitrogens with one attached hydrogen (secondary N) is 2. The van der Waals surface area contributed by atoms with Gasteiger partial charge in [0, 0.05) is 31.4 Å². The number of pyridine rings is 1. The van der Waals surface area contributed by atoms with E-state index >= 15 is 0 Å². The summed E-state index contributed by atoms with van der Waals surface area (Å²) in [5.41, 5.74) is 3.24. The summed E-state index contributed by atoms with van der Waals surface area (Å²) < 4.78 is 0. The molecule has 19 heavy (non-hydrogen) atoms. The maximum absolute atomic E-state index is 4.23. The molecule has 0 aliphatic carbocycles. The molecule has 0 aliphatic rings. The highest BCUT2D eigenvalue weighted by atomic mass is 15.1. The topological polar surface area (TPSA) is 56.8 Å². The SMILES string of the molecule is CN(CCNC(C)(C)C)Cc1ccnc2nc[nH]c12. The molecule has 2 heterocycles. The molecule has 0 radical (unpaired) electrons. The second kappa shape index (κ2) is 5.67. The number of nitrogens with zero attached hydrogens (tertiary/aromatic N) is 3. The molecule has 2 N–H and O–H groups in total. The van der Waals surface area contributed by atoms with Crippen LogP contribution in [0.5, 0.6) is 0 Å². The average Bonchev–Trinajstić information content (AvgIpc) is 2.76. The molecule has 0 saturated carbocycles. The summed E-state index contributed by atoms with van der Waals surface area (Å²) in [5.74, 6) is 0. The summed E-state index contributed by atoms with van der Waals surface area (Å²) in [7, 11) is 2.13. The standard InChI is InChI=1S/C14H23N5/c1-14(2,3)18-7-8-19(4)9-11-5-6-15-13-12(11)16-10-17-13/h5-6,10,18H,7-9H2,1-4H3,(H,15,16,17). The lowest BCUT2D eigenvalue weighted by Gasteiger charge is -2.23. The van der Waals surface area contributed by atoms with Crippen LogP contribution in [0.2, 0.25) is 0 Å². The number of hydrogen-bond donors (Lipinski definition) is 2. The second-order valence-corrected chi connectivity index (χ2v) is 5.99. The van der Waals surface area contributed by atoms with E-state index < -0.39 is 0 Å². The molecule has 0 unspecified atom stereocenters. The van der Waals surface area contributed by atoms with E-state index in [0.717, 1.165) is 30.8 Å². The molecule has 5 heteroatoms. The number of aromatic amines is 1. The van der Waals surface area contributed by atoms with Crippen LogP contribution in [0.3, 0.4) is 0 Å². The molecule has 2 aromatic rings. The van der Waals surface area contributed by atoms with E-state index in [9.17, 15) is 0 Å². The van der Waals surface area contributed by atoms with Crippen LogP contribution in [-0.2, 0) is 6.54 Å². The summed E-state index contributed by atoms with van der Waals surface area (Å²) in [5, 5.41) is 3.50. The Hall–Kier alpha value is -1.46. The highest BCUT2D eigenvalue weighted by Crippen LogP contribution is 2.13. The van der Waals surface area contributed by atoms with E-state index in [2.05, 4.69) is 53.0 Å². The van der Waals surface area contributed by atoms with Gasteiger partial charge in [0.1, 0.15) is 0 Å². The van der Waals surface area contributed by atoms with Gasteiger partial charge >= 0.3 is 0 Å². The van der Waals surface area contributed by atoms with Gasteiger partial charge in [-0.15, -0.1) is 0 Å². The van der Waals surface area contributed by atoms with Crippen molar-refractivity contribution < 1.29 is 0 Å². The van der Waals surface area contributed by atoms with Gasteiger partial charge in [0.2, 0.25) is 0 Å². The van der Waals surface area contributed by atoms with Gasteiger partial charge in [-0.1, -0.05) is 0 Å². The summed E-state index contributed by atoms with van der Waals surface area (Å²) >= 11 is 0. The average molecular weight is 261 g/mol. The molecule has 2 rings (SSSR count). The molecule has 104 valence electrons. The maximum atomic E-state index is 4.23. The van der Waals surface area contributed by atoms with Gasteiger partial charge in [-0.3, -0.25) is 0 Å². The largest absolute Gasteiger partial charge is 0.343 e. The maximum Gasteiger partial charge on any atom is 0.177 e. The van der Waals surface area contributed by atoms with Crippen LogP contribution in [0.15, 0.2) is 18.6 Å². The van der Waals surface area contributed by atoms with Gasteiger partial charge in [-0.25, -0.2) is 9.97 Å². The fraction of sp³-hybridized carbons (Fsp3) is 0.571. The van der Waals surface area contributed by atoms with Crippen molar-refractivity contribution in [1.29, 1.82) is 0 Å². The first-order valence-corrected chi connectivity index (χ1v) is 6.66. The van der Waals surface area contributed by atoms with Crippen molar-refractivity contribution in [2.24, 2.45) is 0 Å². The molecule has 0 spiro atoms. The Bertz CT molecular complexity index is 526. The first kappa shape index (κ1) is 14.0. The van der Waals surface area contributed by atoms with E-state index in [1.54, 1.807) is 6.33 Å². The Kier molecular flexibility index (Phi) is 4.17. The number of aromatic nitrogens is 3. The predicted octanol–water partition coefficient (Wildman–Crippen LogP) is 1.78. The van der Waals surface area contributed by atoms with Crippen LogP contribution in [0.1, 0.15) is 26.3 Å². The molecule has 0 fully saturated rings. The number of likely N-dealkylation sites (N-methyl/N-ethyl adjacent to an activating group) is 1. The molecule has 0 atom stereocenters. The number of H-pyrrole nitrogens is 1. The lowest BCUT2D eigenvalue weighted by atomic mass is 10.1. The Balaban J connectivity index is 1.92. The third kappa shape index (κ3) is 4.01. The fourth-order valence-electron chi connectivity index (χ4n) is 2.03. The van der Waals surface area contributed by atoms with E-state index in [0.29, 0.717) is 0 Å². The van der Waals surface area contributed by atoms with Crippen LogP contribution in [-0.4, -0.2) is 45.5 Å². The van der Waals surface area contributed by atoms with Crippen LogP contribution in [0.25, 0.3) is 11.2 Å². The quantitative estimate of drug-likeness (QED) is 0.861. The Morgan fingerprint density at radius 3 is 2.84 bits per heavy atom. The molecular weight excluding hydrogens is 238 g/mol. The zero-order valence-corrected chi connectivity index (χ0v) is 12.2. The molecular formula is C14H23N5. The highest BCUT2D eigenvalue weighted by molar-refractivity contribution is 5.73. The summed E-state index contributed by atoms with van der Waals surface area (Å²) in [4.78, 5) is 13.9. The van der Waals surface area contributed by atoms with Crippen molar-refractivity contribution in [3.8, 4) is 0 Å². The van der Waals surface area contributed by atoms with Crippen LogP contribution >= 0.6 is 0 Å². The molecule has 0 aromatic carbocycles. The lowest BCUT2D eigenvalue weighted by molar-refractivity contribution is 0.304. The van der Waals surface area contributed by atoms with Gasteiger partial charge in [0.25, 0.3) is 0 Å². The minimum absolute atomic E-state index is 0.175. The summed E-state index contributed by atoms with van der Waals surface area (Å²) in [6, 6.07) is 2.05. The molecule has 5 nitrogen and oxygen atoms in total. The van der Waals surface area contributed by atoms with E-state index in [-0.39, 0.29) is 5.54 Å². The van der Waals surface area contributed by atoms with Gasteiger partial charge in [0.15, 0.2) is 5.65 Å². The second-order valence-electron chi connectivity index (χ2n) is 5.99. The van der Waals surface area contributed by atoms with Gasteiger partial charge in [-0.05, 0) is 39.4 Å². The zero-order valence-electron chi connectivity index (χ0n) is 12.2. The van der Waals surface area contributed by atoms with Gasteiger partial charge in [0.05, 0.1) is 11.8 Å². The number of hydrogen-bond acceptors (Lipinski definition) is 4. The van der Waals surface area contributed by atoms with Crippen molar-refractivity contribution in [2.75, 3.05) is 20.1 Å². The predicted molar refractivity (Wildman–Crippen MR) is 78.0 cm³/mol. The normalized spacial score (nSPS) is 12.5. The molecule has 0 bridgehead atoms. The van der Waals surface area contributed by atoms with Crippen LogP contribution in [0, 0.1) is 0 Å². The summed E-state index contributed by atoms with van der Waals surface area (Å²) in [6.45, 7) is 9.44. The molecule has 0 amide bonds. The minimum Gasteiger partial charge on any atom is -0.343 e. The smallest absolute Gasteiger partial charge is 0.177 e. The minimum atomic E-state index is 0.175. The van der Waals surface area contributed by atoms with Crippen molar-refractivity contribution >= 4 is 11.2 Å². The van der Waals surface area contributed by atoms with E-state index in [1.165, 1.54) is 5.56 Å². The third-order valence-electron chi connectivity index (χ3n) is 3.00.